The zero-order valence-electron chi connectivity index (χ0n) is 16.5. The van der Waals surface area contributed by atoms with Crippen LogP contribution in [0.3, 0.4) is 0 Å². The van der Waals surface area contributed by atoms with Gasteiger partial charge >= 0.3 is 0 Å². The van der Waals surface area contributed by atoms with E-state index >= 15 is 0 Å². The molecule has 0 spiro atoms. The van der Waals surface area contributed by atoms with Crippen LogP contribution >= 0.6 is 22.9 Å². The van der Waals surface area contributed by atoms with E-state index in [9.17, 15) is 4.79 Å². The molecule has 0 radical (unpaired) electrons. The van der Waals surface area contributed by atoms with Crippen LogP contribution in [0.15, 0.2) is 54.7 Å². The van der Waals surface area contributed by atoms with Crippen molar-refractivity contribution < 1.29 is 9.78 Å². The zero-order chi connectivity index (χ0) is 20.7. The average Bonchev–Trinajstić information content (AvgIpc) is 3.35. The maximum Gasteiger partial charge on any atom is 0.274 e. The van der Waals surface area contributed by atoms with Crippen molar-refractivity contribution in [2.45, 2.75) is 6.92 Å². The van der Waals surface area contributed by atoms with Crippen molar-refractivity contribution in [3.8, 4) is 5.69 Å². The molecule has 1 aliphatic rings. The Morgan fingerprint density at radius 3 is 2.57 bits per heavy atom. The molecule has 152 valence electrons. The molecular weight excluding hydrogens is 418 g/mol. The van der Waals surface area contributed by atoms with Gasteiger partial charge in [0.15, 0.2) is 0 Å². The van der Waals surface area contributed by atoms with Gasteiger partial charge in [0.2, 0.25) is 0 Å². The standard InChI is InChI=1S/C22H20ClN5OS/c1-15-18-14-19(30-22(18)28(25-15)17-7-5-16(23)6-8-17)21(29)27-12-10-26(11-13-27)20-4-2-3-9-24-20/h2-9,14H,10-13H2,1H3/p+1. The summed E-state index contributed by atoms with van der Waals surface area (Å²) in [5, 5.41) is 6.37. The summed E-state index contributed by atoms with van der Waals surface area (Å²) in [4.78, 5) is 22.4. The van der Waals surface area contributed by atoms with Crippen molar-refractivity contribution in [1.82, 2.24) is 14.7 Å². The third-order valence-corrected chi connectivity index (χ3v) is 6.78. The molecule has 0 saturated carbocycles. The van der Waals surface area contributed by atoms with E-state index in [4.69, 9.17) is 11.6 Å². The van der Waals surface area contributed by atoms with Crippen molar-refractivity contribution in [2.24, 2.45) is 0 Å². The number of thiophene rings is 1. The molecule has 1 N–H and O–H groups in total. The van der Waals surface area contributed by atoms with Crippen LogP contribution in [0.25, 0.3) is 15.9 Å². The van der Waals surface area contributed by atoms with Crippen molar-refractivity contribution in [3.05, 3.63) is 70.3 Å². The molecular formula is C22H21ClN5OS+. The largest absolute Gasteiger partial charge is 0.330 e. The lowest BCUT2D eigenvalue weighted by molar-refractivity contribution is -0.364. The number of nitrogens with one attached hydrogen (secondary N) is 1. The molecule has 1 saturated heterocycles. The van der Waals surface area contributed by atoms with Crippen molar-refractivity contribution in [2.75, 3.05) is 31.1 Å². The Balaban J connectivity index is 1.37. The van der Waals surface area contributed by atoms with E-state index in [2.05, 4.69) is 21.0 Å². The molecule has 5 rings (SSSR count). The summed E-state index contributed by atoms with van der Waals surface area (Å²) in [6.07, 6.45) is 1.93. The van der Waals surface area contributed by atoms with Crippen LogP contribution in [0.2, 0.25) is 5.02 Å². The summed E-state index contributed by atoms with van der Waals surface area (Å²) in [6, 6.07) is 15.6. The number of hydrogen-bond acceptors (Lipinski definition) is 4. The van der Waals surface area contributed by atoms with Gasteiger partial charge in [-0.1, -0.05) is 17.7 Å². The van der Waals surface area contributed by atoms with Gasteiger partial charge in [-0.2, -0.15) is 5.10 Å². The lowest BCUT2D eigenvalue weighted by Crippen LogP contribution is -2.49. The van der Waals surface area contributed by atoms with Gasteiger partial charge in [-0.05, 0) is 43.3 Å². The zero-order valence-corrected chi connectivity index (χ0v) is 18.1. The van der Waals surface area contributed by atoms with Crippen LogP contribution in [0, 0.1) is 6.92 Å². The molecule has 1 amide bonds. The quantitative estimate of drug-likeness (QED) is 0.488. The number of carbonyl (C=O) groups is 1. The second-order valence-electron chi connectivity index (χ2n) is 7.33. The smallest absolute Gasteiger partial charge is 0.274 e. The molecule has 8 heteroatoms. The Labute approximate surface area is 183 Å². The fraction of sp³-hybridized carbons (Fsp3) is 0.227. The second kappa shape index (κ2) is 7.74. The predicted molar refractivity (Wildman–Crippen MR) is 120 cm³/mol. The summed E-state index contributed by atoms with van der Waals surface area (Å²) in [7, 11) is 0. The van der Waals surface area contributed by atoms with E-state index in [1.54, 1.807) is 0 Å². The number of rotatable bonds is 3. The second-order valence-corrected chi connectivity index (χ2v) is 8.80. The molecule has 30 heavy (non-hydrogen) atoms. The van der Waals surface area contributed by atoms with Crippen LogP contribution in [-0.4, -0.2) is 46.8 Å². The number of aromatic nitrogens is 3. The van der Waals surface area contributed by atoms with E-state index in [1.165, 1.54) is 11.3 Å². The first kappa shape index (κ1) is 19.1. The van der Waals surface area contributed by atoms with Crippen LogP contribution in [-0.2, 0) is 0 Å². The van der Waals surface area contributed by atoms with Crippen LogP contribution in [0.1, 0.15) is 15.4 Å². The molecule has 1 aliphatic heterocycles. The number of pyridine rings is 1. The molecule has 4 aromatic rings. The number of piperazine rings is 1. The normalized spacial score (nSPS) is 14.5. The number of fused-ring (bicyclic) bond motifs is 1. The van der Waals surface area contributed by atoms with E-state index in [0.717, 1.165) is 45.4 Å². The van der Waals surface area contributed by atoms with Crippen molar-refractivity contribution in [1.29, 1.82) is 0 Å². The molecule has 0 bridgehead atoms. The molecule has 1 aromatic carbocycles. The minimum atomic E-state index is 0.0925. The Morgan fingerprint density at radius 1 is 1.10 bits per heavy atom. The summed E-state index contributed by atoms with van der Waals surface area (Å²) in [6.45, 7) is 5.02. The Hall–Kier alpha value is -2.90. The molecule has 6 nitrogen and oxygen atoms in total. The minimum Gasteiger partial charge on any atom is -0.330 e. The van der Waals surface area contributed by atoms with Crippen molar-refractivity contribution in [3.63, 3.8) is 0 Å². The predicted octanol–water partition coefficient (Wildman–Crippen LogP) is 3.83. The van der Waals surface area contributed by atoms with E-state index in [-0.39, 0.29) is 5.91 Å². The van der Waals surface area contributed by atoms with E-state index in [0.29, 0.717) is 18.1 Å². The number of benzene rings is 1. The number of amides is 1. The fourth-order valence-corrected chi connectivity index (χ4v) is 5.07. The summed E-state index contributed by atoms with van der Waals surface area (Å²) >= 11 is 7.52. The Bertz CT molecular complexity index is 1190. The van der Waals surface area contributed by atoms with Gasteiger partial charge in [0, 0.05) is 16.5 Å². The van der Waals surface area contributed by atoms with Gasteiger partial charge in [0.25, 0.3) is 11.7 Å². The number of halogens is 1. The lowest BCUT2D eigenvalue weighted by Gasteiger charge is -2.30. The summed E-state index contributed by atoms with van der Waals surface area (Å²) in [5.74, 6) is 1.18. The highest BCUT2D eigenvalue weighted by Gasteiger charge is 2.28. The maximum atomic E-state index is 13.2. The number of aryl methyl sites for hydroxylation is 1. The average molecular weight is 439 g/mol. The van der Waals surface area contributed by atoms with E-state index in [1.807, 2.05) is 65.2 Å². The first-order chi connectivity index (χ1) is 14.6. The van der Waals surface area contributed by atoms with Crippen molar-refractivity contribution >= 4 is 44.9 Å². The van der Waals surface area contributed by atoms with Gasteiger partial charge in [0.1, 0.15) is 17.9 Å². The van der Waals surface area contributed by atoms with Crippen LogP contribution in [0.4, 0.5) is 5.82 Å². The molecule has 0 aliphatic carbocycles. The van der Waals surface area contributed by atoms with Gasteiger partial charge in [0.05, 0.1) is 35.5 Å². The Kier molecular flexibility index (Phi) is 4.92. The first-order valence-corrected chi connectivity index (χ1v) is 11.1. The van der Waals surface area contributed by atoms with Gasteiger partial charge < -0.3 is 4.90 Å². The monoisotopic (exact) mass is 438 g/mol. The Morgan fingerprint density at radius 2 is 1.87 bits per heavy atom. The molecule has 0 atom stereocenters. The SMILES string of the molecule is Cc1nn(-c2ccc(Cl)cc2)c2sc(C(=O)N3CCN(c4cccc[nH+]4)CC3)cc12. The number of carbonyl (C=O) groups excluding carboxylic acids is 1. The summed E-state index contributed by atoms with van der Waals surface area (Å²) in [5.41, 5.74) is 1.85. The number of hydrogen-bond donors (Lipinski definition) is 0. The lowest BCUT2D eigenvalue weighted by atomic mass is 10.2. The van der Waals surface area contributed by atoms with E-state index < -0.39 is 0 Å². The van der Waals surface area contributed by atoms with Gasteiger partial charge in [-0.25, -0.2) is 9.67 Å². The highest BCUT2D eigenvalue weighted by molar-refractivity contribution is 7.20. The highest BCUT2D eigenvalue weighted by Crippen LogP contribution is 2.31. The minimum absolute atomic E-state index is 0.0925. The highest BCUT2D eigenvalue weighted by atomic mass is 35.5. The number of H-pyrrole nitrogens is 1. The third kappa shape index (κ3) is 3.44. The van der Waals surface area contributed by atoms with Crippen LogP contribution in [0.5, 0.6) is 0 Å². The van der Waals surface area contributed by atoms with Crippen LogP contribution < -0.4 is 9.88 Å². The number of anilines is 1. The molecule has 4 heterocycles. The number of nitrogens with zero attached hydrogens (tertiary/aromatic N) is 4. The molecule has 1 fully saturated rings. The first-order valence-electron chi connectivity index (χ1n) is 9.86. The fourth-order valence-electron chi connectivity index (χ4n) is 3.80. The topological polar surface area (TPSA) is 55.5 Å². The third-order valence-electron chi connectivity index (χ3n) is 5.43. The number of aromatic amines is 1. The maximum absolute atomic E-state index is 13.2. The molecule has 3 aromatic heterocycles. The summed E-state index contributed by atoms with van der Waals surface area (Å²) < 4.78 is 1.89. The molecule has 0 unspecified atom stereocenters. The van der Waals surface area contributed by atoms with Gasteiger partial charge in [-0.15, -0.1) is 11.3 Å². The van der Waals surface area contributed by atoms with Gasteiger partial charge in [-0.3, -0.25) is 9.69 Å².